The lowest BCUT2D eigenvalue weighted by molar-refractivity contribution is -0.0691. The largest absolute Gasteiger partial charge is 0.493 e. The Labute approximate surface area is 166 Å². The molecule has 6 nitrogen and oxygen atoms in total. The van der Waals surface area contributed by atoms with Crippen LogP contribution in [0.25, 0.3) is 0 Å². The first-order valence-corrected chi connectivity index (χ1v) is 9.28. The number of hydrogen-bond donors (Lipinski definition) is 0. The predicted molar refractivity (Wildman–Crippen MR) is 106 cm³/mol. The maximum Gasteiger partial charge on any atom is 0.254 e. The van der Waals surface area contributed by atoms with Crippen molar-refractivity contribution in [3.8, 4) is 17.2 Å². The van der Waals surface area contributed by atoms with Gasteiger partial charge in [-0.15, -0.1) is 0 Å². The minimum Gasteiger partial charge on any atom is -0.493 e. The van der Waals surface area contributed by atoms with Gasteiger partial charge < -0.3 is 23.8 Å². The lowest BCUT2D eigenvalue weighted by Crippen LogP contribution is -2.46. The van der Waals surface area contributed by atoms with Crippen molar-refractivity contribution in [2.24, 2.45) is 0 Å². The molecule has 0 aliphatic carbocycles. The van der Waals surface area contributed by atoms with E-state index < -0.39 is 0 Å². The van der Waals surface area contributed by atoms with Crippen LogP contribution in [0.15, 0.2) is 36.4 Å². The molecule has 1 aliphatic rings. The topological polar surface area (TPSA) is 57.2 Å². The second-order valence-electron chi connectivity index (χ2n) is 6.97. The van der Waals surface area contributed by atoms with Gasteiger partial charge in [-0.2, -0.15) is 0 Å². The fraction of sp³-hybridized carbons (Fsp3) is 0.409. The molecule has 0 aromatic heterocycles. The molecular weight excluding hydrogens is 358 g/mol. The highest BCUT2D eigenvalue weighted by Crippen LogP contribution is 2.39. The summed E-state index contributed by atoms with van der Waals surface area (Å²) >= 11 is 0. The number of amides is 1. The van der Waals surface area contributed by atoms with Crippen LogP contribution in [-0.2, 0) is 4.74 Å². The van der Waals surface area contributed by atoms with E-state index in [1.165, 1.54) is 26.9 Å². The molecule has 6 heteroatoms. The van der Waals surface area contributed by atoms with Gasteiger partial charge in [-0.3, -0.25) is 4.79 Å². The van der Waals surface area contributed by atoms with Crippen LogP contribution in [0.2, 0.25) is 0 Å². The molecule has 1 amide bonds. The van der Waals surface area contributed by atoms with Crippen LogP contribution in [0.5, 0.6) is 17.2 Å². The lowest BCUT2D eigenvalue weighted by Gasteiger charge is -2.37. The quantitative estimate of drug-likeness (QED) is 0.787. The number of nitrogens with zero attached hydrogens (tertiary/aromatic N) is 1. The van der Waals surface area contributed by atoms with Crippen molar-refractivity contribution in [1.82, 2.24) is 4.90 Å². The summed E-state index contributed by atoms with van der Waals surface area (Å²) in [6, 6.07) is 11.6. The summed E-state index contributed by atoms with van der Waals surface area (Å²) in [6.07, 6.45) is -0.221. The first-order chi connectivity index (χ1) is 13.5. The van der Waals surface area contributed by atoms with Crippen molar-refractivity contribution in [3.63, 3.8) is 0 Å². The van der Waals surface area contributed by atoms with Crippen LogP contribution in [0, 0.1) is 6.92 Å². The fourth-order valence-electron chi connectivity index (χ4n) is 3.47. The second-order valence-corrected chi connectivity index (χ2v) is 6.97. The number of hydrogen-bond acceptors (Lipinski definition) is 5. The maximum atomic E-state index is 13.2. The molecule has 28 heavy (non-hydrogen) atoms. The smallest absolute Gasteiger partial charge is 0.254 e. The third kappa shape index (κ3) is 4.07. The second kappa shape index (κ2) is 8.52. The highest BCUT2D eigenvalue weighted by molar-refractivity contribution is 5.95. The molecule has 2 unspecified atom stereocenters. The maximum absolute atomic E-state index is 13.2. The Balaban J connectivity index is 1.87. The molecule has 0 N–H and O–H groups in total. The third-order valence-corrected chi connectivity index (χ3v) is 4.91. The molecule has 0 saturated carbocycles. The number of carbonyl (C=O) groups is 1. The summed E-state index contributed by atoms with van der Waals surface area (Å²) in [4.78, 5) is 15.0. The van der Waals surface area contributed by atoms with Crippen molar-refractivity contribution in [2.45, 2.75) is 26.1 Å². The Kier molecular flexibility index (Phi) is 6.09. The van der Waals surface area contributed by atoms with Gasteiger partial charge in [0.15, 0.2) is 11.5 Å². The average molecular weight is 385 g/mol. The zero-order valence-electron chi connectivity index (χ0n) is 17.0. The Hall–Kier alpha value is -2.73. The van der Waals surface area contributed by atoms with Gasteiger partial charge in [-0.1, -0.05) is 29.8 Å². The standard InChI is InChI=1S/C22H27NO5/c1-14-6-8-16(9-7-14)20-13-23(12-15(2)28-20)22(24)17-10-18(25-3)21(27-5)19(11-17)26-4/h6-11,15,20H,12-13H2,1-5H3. The van der Waals surface area contributed by atoms with Crippen molar-refractivity contribution in [3.05, 3.63) is 53.1 Å². The number of aryl methyl sites for hydroxylation is 1. The minimum absolute atomic E-state index is 0.0638. The highest BCUT2D eigenvalue weighted by Gasteiger charge is 2.31. The van der Waals surface area contributed by atoms with Gasteiger partial charge >= 0.3 is 0 Å². The van der Waals surface area contributed by atoms with E-state index in [4.69, 9.17) is 18.9 Å². The SMILES string of the molecule is COc1cc(C(=O)N2CC(C)OC(c3ccc(C)cc3)C2)cc(OC)c1OC. The van der Waals surface area contributed by atoms with Gasteiger partial charge in [0.2, 0.25) is 5.75 Å². The Morgan fingerprint density at radius 2 is 1.61 bits per heavy atom. The molecule has 2 aromatic carbocycles. The Morgan fingerprint density at radius 3 is 2.14 bits per heavy atom. The molecule has 2 aromatic rings. The van der Waals surface area contributed by atoms with E-state index in [-0.39, 0.29) is 18.1 Å². The third-order valence-electron chi connectivity index (χ3n) is 4.91. The molecule has 150 valence electrons. The zero-order valence-corrected chi connectivity index (χ0v) is 17.0. The summed E-state index contributed by atoms with van der Waals surface area (Å²) in [5.41, 5.74) is 2.75. The molecule has 2 atom stereocenters. The highest BCUT2D eigenvalue weighted by atomic mass is 16.5. The minimum atomic E-state index is -0.157. The summed E-state index contributed by atoms with van der Waals surface area (Å²) in [7, 11) is 4.61. The molecule has 0 radical (unpaired) electrons. The van der Waals surface area contributed by atoms with Crippen LogP contribution in [0.1, 0.15) is 34.5 Å². The van der Waals surface area contributed by atoms with Crippen molar-refractivity contribution in [1.29, 1.82) is 0 Å². The first-order valence-electron chi connectivity index (χ1n) is 9.28. The average Bonchev–Trinajstić information content (AvgIpc) is 2.72. The van der Waals surface area contributed by atoms with E-state index in [0.717, 1.165) is 5.56 Å². The molecule has 0 bridgehead atoms. The van der Waals surface area contributed by atoms with Crippen LogP contribution < -0.4 is 14.2 Å². The number of methoxy groups -OCH3 is 3. The Morgan fingerprint density at radius 1 is 1.00 bits per heavy atom. The molecule has 1 aliphatic heterocycles. The number of benzene rings is 2. The molecule has 1 saturated heterocycles. The van der Waals surface area contributed by atoms with Gasteiger partial charge in [0.25, 0.3) is 5.91 Å². The van der Waals surface area contributed by atoms with E-state index in [1.807, 2.05) is 11.8 Å². The number of morpholine rings is 1. The van der Waals surface area contributed by atoms with Crippen molar-refractivity contribution < 1.29 is 23.7 Å². The molecule has 3 rings (SSSR count). The van der Waals surface area contributed by atoms with E-state index in [1.54, 1.807) is 12.1 Å². The van der Waals surface area contributed by atoms with Crippen LogP contribution in [-0.4, -0.2) is 51.3 Å². The number of ether oxygens (including phenoxy) is 4. The van der Waals surface area contributed by atoms with Crippen LogP contribution in [0.4, 0.5) is 0 Å². The summed E-state index contributed by atoms with van der Waals surface area (Å²) in [6.45, 7) is 5.05. The van der Waals surface area contributed by atoms with E-state index >= 15 is 0 Å². The lowest BCUT2D eigenvalue weighted by atomic mass is 10.0. The molecule has 0 spiro atoms. The molecular formula is C22H27NO5. The van der Waals surface area contributed by atoms with Gasteiger partial charge in [-0.05, 0) is 31.5 Å². The van der Waals surface area contributed by atoms with Gasteiger partial charge in [0.05, 0.1) is 34.0 Å². The summed E-state index contributed by atoms with van der Waals surface area (Å²) < 4.78 is 22.2. The van der Waals surface area contributed by atoms with Gasteiger partial charge in [0.1, 0.15) is 6.10 Å². The normalized spacial score (nSPS) is 19.2. The van der Waals surface area contributed by atoms with Crippen molar-refractivity contribution >= 4 is 5.91 Å². The Bertz CT molecular complexity index is 808. The summed E-state index contributed by atoms with van der Waals surface area (Å²) in [5.74, 6) is 1.30. The van der Waals surface area contributed by atoms with Gasteiger partial charge in [-0.25, -0.2) is 0 Å². The fourth-order valence-corrected chi connectivity index (χ4v) is 3.47. The first kappa shape index (κ1) is 20.0. The van der Waals surface area contributed by atoms with E-state index in [0.29, 0.717) is 35.9 Å². The van der Waals surface area contributed by atoms with E-state index in [9.17, 15) is 4.79 Å². The molecule has 1 heterocycles. The van der Waals surface area contributed by atoms with Crippen LogP contribution >= 0.6 is 0 Å². The monoisotopic (exact) mass is 385 g/mol. The predicted octanol–water partition coefficient (Wildman–Crippen LogP) is 3.62. The van der Waals surface area contributed by atoms with Crippen LogP contribution in [0.3, 0.4) is 0 Å². The zero-order chi connectivity index (χ0) is 20.3. The van der Waals surface area contributed by atoms with Crippen molar-refractivity contribution in [2.75, 3.05) is 34.4 Å². The number of rotatable bonds is 5. The summed E-state index contributed by atoms with van der Waals surface area (Å²) in [5, 5.41) is 0. The number of carbonyl (C=O) groups excluding carboxylic acids is 1. The van der Waals surface area contributed by atoms with E-state index in [2.05, 4.69) is 31.2 Å². The van der Waals surface area contributed by atoms with Gasteiger partial charge in [0, 0.05) is 12.1 Å². The molecule has 1 fully saturated rings.